The highest BCUT2D eigenvalue weighted by molar-refractivity contribution is 5.92. The van der Waals surface area contributed by atoms with Gasteiger partial charge >= 0.3 is 0 Å². The normalized spacial score (nSPS) is 23.2. The van der Waals surface area contributed by atoms with Crippen molar-refractivity contribution in [1.29, 1.82) is 0 Å². The molecule has 3 N–H and O–H groups in total. The van der Waals surface area contributed by atoms with Crippen LogP contribution in [0.2, 0.25) is 0 Å². The number of hydrogen-bond acceptors (Lipinski definition) is 4. The van der Waals surface area contributed by atoms with E-state index in [2.05, 4.69) is 10.6 Å². The number of carbonyl (C=O) groups excluding carboxylic acids is 1. The van der Waals surface area contributed by atoms with Gasteiger partial charge in [-0.2, -0.15) is 0 Å². The first-order valence-electron chi connectivity index (χ1n) is 5.39. The summed E-state index contributed by atoms with van der Waals surface area (Å²) in [5.74, 6) is 0.210. The van der Waals surface area contributed by atoms with Crippen LogP contribution in [0.1, 0.15) is 16.1 Å². The van der Waals surface area contributed by atoms with E-state index in [-0.39, 0.29) is 30.3 Å². The summed E-state index contributed by atoms with van der Waals surface area (Å²) in [7, 11) is 0. The highest BCUT2D eigenvalue weighted by atomic mass is 35.5. The van der Waals surface area contributed by atoms with Crippen molar-refractivity contribution in [3.05, 3.63) is 23.7 Å². The first-order valence-corrected chi connectivity index (χ1v) is 5.39. The second-order valence-electron chi connectivity index (χ2n) is 4.13. The molecule has 0 radical (unpaired) electrons. The molecule has 2 unspecified atom stereocenters. The average Bonchev–Trinajstić information content (AvgIpc) is 2.84. The highest BCUT2D eigenvalue weighted by Crippen LogP contribution is 2.10. The van der Waals surface area contributed by atoms with Gasteiger partial charge in [0.05, 0.1) is 12.4 Å². The monoisotopic (exact) mass is 260 g/mol. The molecule has 0 aliphatic carbocycles. The summed E-state index contributed by atoms with van der Waals surface area (Å²) in [5, 5.41) is 15.4. The molecule has 0 aromatic carbocycles. The van der Waals surface area contributed by atoms with E-state index in [1.165, 1.54) is 6.26 Å². The molecule has 1 saturated heterocycles. The molecule has 1 fully saturated rings. The zero-order valence-electron chi connectivity index (χ0n) is 9.60. The maximum atomic E-state index is 11.7. The van der Waals surface area contributed by atoms with E-state index in [1.807, 2.05) is 6.92 Å². The fourth-order valence-electron chi connectivity index (χ4n) is 1.84. The first-order chi connectivity index (χ1) is 7.68. The summed E-state index contributed by atoms with van der Waals surface area (Å²) in [5.41, 5.74) is 0.822. The van der Waals surface area contributed by atoms with Crippen LogP contribution >= 0.6 is 12.4 Å². The molecule has 0 saturated carbocycles. The third-order valence-corrected chi connectivity index (χ3v) is 2.90. The zero-order valence-corrected chi connectivity index (χ0v) is 10.4. The zero-order chi connectivity index (χ0) is 11.5. The lowest BCUT2D eigenvalue weighted by molar-refractivity contribution is 0.0899. The summed E-state index contributed by atoms with van der Waals surface area (Å²) in [6, 6.07) is 1.75. The van der Waals surface area contributed by atoms with E-state index in [1.54, 1.807) is 6.07 Å². The average molecular weight is 261 g/mol. The van der Waals surface area contributed by atoms with Crippen LogP contribution in [0, 0.1) is 12.8 Å². The minimum atomic E-state index is -0.377. The van der Waals surface area contributed by atoms with Crippen LogP contribution in [0.5, 0.6) is 0 Å². The number of carbonyl (C=O) groups is 1. The van der Waals surface area contributed by atoms with Crippen molar-refractivity contribution in [3.8, 4) is 0 Å². The quantitative estimate of drug-likeness (QED) is 0.732. The number of aliphatic hydroxyl groups is 1. The van der Waals surface area contributed by atoms with Gasteiger partial charge in [0.25, 0.3) is 5.91 Å². The molecule has 96 valence electrons. The third-order valence-electron chi connectivity index (χ3n) is 2.90. The Labute approximate surface area is 106 Å². The predicted octanol–water partition coefficient (Wildman–Crippen LogP) is 0.320. The van der Waals surface area contributed by atoms with Gasteiger partial charge in [-0.15, -0.1) is 12.4 Å². The molecule has 5 nitrogen and oxygen atoms in total. The summed E-state index contributed by atoms with van der Waals surface area (Å²) >= 11 is 0. The predicted molar refractivity (Wildman–Crippen MR) is 65.4 cm³/mol. The van der Waals surface area contributed by atoms with Crippen molar-refractivity contribution in [1.82, 2.24) is 10.6 Å². The van der Waals surface area contributed by atoms with Gasteiger partial charge in [0.2, 0.25) is 0 Å². The molecule has 6 heteroatoms. The van der Waals surface area contributed by atoms with Crippen molar-refractivity contribution in [3.63, 3.8) is 0 Å². The Bertz CT molecular complexity index is 381. The fraction of sp³-hybridized carbons (Fsp3) is 0.545. The lowest BCUT2D eigenvalue weighted by atomic mass is 10.1. The standard InChI is InChI=1S/C11H16N2O3.ClH/c1-7-2-3-16-10(7)11(15)13-5-8-4-12-6-9(8)14;/h2-3,8-9,12,14H,4-6H2,1H3,(H,13,15);1H. The number of β-amino-alcohol motifs (C(OH)–C–C–N with tert-alkyl or cyclic N) is 1. The van der Waals surface area contributed by atoms with E-state index >= 15 is 0 Å². The number of hydrogen-bond donors (Lipinski definition) is 3. The molecule has 1 aliphatic heterocycles. The minimum Gasteiger partial charge on any atom is -0.459 e. The van der Waals surface area contributed by atoms with Gasteiger partial charge in [-0.1, -0.05) is 0 Å². The largest absolute Gasteiger partial charge is 0.459 e. The number of aliphatic hydroxyl groups excluding tert-OH is 1. The van der Waals surface area contributed by atoms with Crippen molar-refractivity contribution in [2.24, 2.45) is 5.92 Å². The number of furan rings is 1. The molecule has 1 amide bonds. The number of nitrogens with one attached hydrogen (secondary N) is 2. The van der Waals surface area contributed by atoms with Crippen molar-refractivity contribution >= 4 is 18.3 Å². The smallest absolute Gasteiger partial charge is 0.287 e. The Morgan fingerprint density at radius 2 is 2.41 bits per heavy atom. The second-order valence-corrected chi connectivity index (χ2v) is 4.13. The minimum absolute atomic E-state index is 0. The molecular weight excluding hydrogens is 244 g/mol. The lowest BCUT2D eigenvalue weighted by Gasteiger charge is -2.13. The van der Waals surface area contributed by atoms with Crippen LogP contribution in [-0.4, -0.2) is 36.8 Å². The molecule has 1 aliphatic rings. The Morgan fingerprint density at radius 3 is 2.94 bits per heavy atom. The van der Waals surface area contributed by atoms with Crippen LogP contribution in [0.3, 0.4) is 0 Å². The summed E-state index contributed by atoms with van der Waals surface area (Å²) in [6.45, 7) is 3.62. The van der Waals surface area contributed by atoms with E-state index in [9.17, 15) is 9.90 Å². The van der Waals surface area contributed by atoms with E-state index in [0.717, 1.165) is 12.1 Å². The summed E-state index contributed by atoms with van der Waals surface area (Å²) in [6.07, 6.45) is 1.12. The van der Waals surface area contributed by atoms with Crippen LogP contribution in [0.25, 0.3) is 0 Å². The molecule has 2 atom stereocenters. The molecule has 1 aromatic rings. The van der Waals surface area contributed by atoms with Gasteiger partial charge in [0.1, 0.15) is 0 Å². The number of halogens is 1. The Hall–Kier alpha value is -1.04. The summed E-state index contributed by atoms with van der Waals surface area (Å²) in [4.78, 5) is 11.7. The number of amides is 1. The van der Waals surface area contributed by atoms with Crippen molar-refractivity contribution in [2.45, 2.75) is 13.0 Å². The van der Waals surface area contributed by atoms with Gasteiger partial charge in [0, 0.05) is 31.1 Å². The molecule has 17 heavy (non-hydrogen) atoms. The van der Waals surface area contributed by atoms with Crippen LogP contribution < -0.4 is 10.6 Å². The van der Waals surface area contributed by atoms with Crippen LogP contribution in [0.4, 0.5) is 0 Å². The second kappa shape index (κ2) is 6.05. The molecule has 2 rings (SSSR count). The number of rotatable bonds is 3. The van der Waals surface area contributed by atoms with Crippen LogP contribution in [0.15, 0.2) is 16.7 Å². The van der Waals surface area contributed by atoms with E-state index in [4.69, 9.17) is 4.42 Å². The third kappa shape index (κ3) is 3.21. The first kappa shape index (κ1) is 14.0. The SMILES string of the molecule is Cc1ccoc1C(=O)NCC1CNCC1O.Cl. The van der Waals surface area contributed by atoms with Gasteiger partial charge in [-0.25, -0.2) is 0 Å². The molecule has 2 heterocycles. The molecule has 0 bridgehead atoms. The van der Waals surface area contributed by atoms with Gasteiger partial charge in [-0.05, 0) is 13.0 Å². The molecular formula is C11H17ClN2O3. The van der Waals surface area contributed by atoms with Gasteiger partial charge in [0.15, 0.2) is 5.76 Å². The molecule has 1 aromatic heterocycles. The topological polar surface area (TPSA) is 74.5 Å². The maximum absolute atomic E-state index is 11.7. The fourth-order valence-corrected chi connectivity index (χ4v) is 1.84. The number of aryl methyl sites for hydroxylation is 1. The Kier molecular flexibility index (Phi) is 4.99. The maximum Gasteiger partial charge on any atom is 0.287 e. The van der Waals surface area contributed by atoms with Crippen molar-refractivity contribution in [2.75, 3.05) is 19.6 Å². The Morgan fingerprint density at radius 1 is 1.65 bits per heavy atom. The van der Waals surface area contributed by atoms with Crippen molar-refractivity contribution < 1.29 is 14.3 Å². The van der Waals surface area contributed by atoms with Gasteiger partial charge in [-0.3, -0.25) is 4.79 Å². The van der Waals surface area contributed by atoms with Crippen LogP contribution in [-0.2, 0) is 0 Å². The van der Waals surface area contributed by atoms with Gasteiger partial charge < -0.3 is 20.2 Å². The highest BCUT2D eigenvalue weighted by Gasteiger charge is 2.25. The Balaban J connectivity index is 0.00000144. The molecule has 0 spiro atoms. The lowest BCUT2D eigenvalue weighted by Crippen LogP contribution is -2.34. The van der Waals surface area contributed by atoms with E-state index < -0.39 is 0 Å². The summed E-state index contributed by atoms with van der Waals surface area (Å²) < 4.78 is 5.08. The van der Waals surface area contributed by atoms with E-state index in [0.29, 0.717) is 18.8 Å².